The van der Waals surface area contributed by atoms with Crippen LogP contribution in [0.4, 0.5) is 5.69 Å². The van der Waals surface area contributed by atoms with Gasteiger partial charge in [0.25, 0.3) is 5.91 Å². The number of benzene rings is 2. The van der Waals surface area contributed by atoms with Crippen molar-refractivity contribution in [3.05, 3.63) is 56.9 Å². The van der Waals surface area contributed by atoms with Gasteiger partial charge in [0.1, 0.15) is 0 Å². The van der Waals surface area contributed by atoms with Crippen LogP contribution in [0.2, 0.25) is 0 Å². The summed E-state index contributed by atoms with van der Waals surface area (Å²) in [5.41, 5.74) is 2.90. The van der Waals surface area contributed by atoms with Crippen LogP contribution in [0.3, 0.4) is 0 Å². The molecule has 2 N–H and O–H groups in total. The number of carbonyl (C=O) groups is 1. The van der Waals surface area contributed by atoms with Gasteiger partial charge in [-0.3, -0.25) is 4.79 Å². The molecule has 1 aliphatic rings. The van der Waals surface area contributed by atoms with Crippen molar-refractivity contribution in [2.75, 3.05) is 19.5 Å². The maximum atomic E-state index is 12.3. The number of aryl methyl sites for hydroxylation is 1. The van der Waals surface area contributed by atoms with Gasteiger partial charge in [0.2, 0.25) is 0 Å². The molecule has 5 nitrogen and oxygen atoms in total. The Kier molecular flexibility index (Phi) is 6.34. The minimum Gasteiger partial charge on any atom is -0.493 e. The fourth-order valence-electron chi connectivity index (χ4n) is 2.73. The Labute approximate surface area is 171 Å². The normalized spacial score (nSPS) is 17.7. The van der Waals surface area contributed by atoms with Crippen molar-refractivity contribution in [1.29, 1.82) is 0 Å². The fraction of sp³-hybridized carbons (Fsp3) is 0.250. The van der Waals surface area contributed by atoms with Crippen LogP contribution in [0.25, 0.3) is 6.08 Å². The molecule has 2 aromatic carbocycles. The third kappa shape index (κ3) is 4.59. The molecule has 0 spiro atoms. The number of carbonyl (C=O) groups excluding carboxylic acids is 1. The molecule has 1 amide bonds. The largest absolute Gasteiger partial charge is 0.493 e. The van der Waals surface area contributed by atoms with Crippen molar-refractivity contribution in [3.8, 4) is 11.5 Å². The topological polar surface area (TPSA) is 59.6 Å². The van der Waals surface area contributed by atoms with Gasteiger partial charge in [-0.2, -0.15) is 0 Å². The number of hydrogen-bond acceptors (Lipinski definition) is 5. The summed E-state index contributed by atoms with van der Waals surface area (Å²) in [6.45, 7) is 2.12. The lowest BCUT2D eigenvalue weighted by atomic mass is 10.1. The molecular weight excluding hydrogens is 428 g/mol. The fourth-order valence-corrected chi connectivity index (χ4v) is 4.33. The Bertz CT molecular complexity index is 868. The van der Waals surface area contributed by atoms with Crippen molar-refractivity contribution in [3.63, 3.8) is 0 Å². The van der Waals surface area contributed by atoms with Crippen molar-refractivity contribution in [1.82, 2.24) is 5.32 Å². The van der Waals surface area contributed by atoms with E-state index in [1.807, 2.05) is 30.3 Å². The molecule has 7 heteroatoms. The number of amides is 1. The highest BCUT2D eigenvalue weighted by molar-refractivity contribution is 9.10. The lowest BCUT2D eigenvalue weighted by molar-refractivity contribution is -0.116. The molecule has 0 aliphatic carbocycles. The highest BCUT2D eigenvalue weighted by atomic mass is 79.9. The lowest BCUT2D eigenvalue weighted by Crippen LogP contribution is -2.30. The Morgan fingerprint density at radius 3 is 2.59 bits per heavy atom. The Hall–Kier alpha value is -2.12. The number of nitrogens with one attached hydrogen (secondary N) is 2. The highest BCUT2D eigenvalue weighted by Gasteiger charge is 2.27. The van der Waals surface area contributed by atoms with Crippen LogP contribution >= 0.6 is 27.7 Å². The predicted octanol–water partition coefficient (Wildman–Crippen LogP) is 4.63. The molecule has 1 aliphatic heterocycles. The van der Waals surface area contributed by atoms with E-state index < -0.39 is 0 Å². The quantitative estimate of drug-likeness (QED) is 0.630. The van der Waals surface area contributed by atoms with E-state index in [1.165, 1.54) is 17.3 Å². The SMILES string of the molecule is CCc1ccc(NC2NC(=O)C(=Cc3cc(Br)c(OC)c(OC)c3)S2)cc1. The first-order valence-electron chi connectivity index (χ1n) is 8.50. The second-order valence-electron chi connectivity index (χ2n) is 5.91. The first kappa shape index (κ1) is 19.6. The van der Waals surface area contributed by atoms with Gasteiger partial charge >= 0.3 is 0 Å². The highest BCUT2D eigenvalue weighted by Crippen LogP contribution is 2.38. The number of anilines is 1. The van der Waals surface area contributed by atoms with Crippen LogP contribution in [-0.2, 0) is 11.2 Å². The molecular formula is C20H21BrN2O3S. The van der Waals surface area contributed by atoms with Crippen LogP contribution in [0.15, 0.2) is 45.8 Å². The van der Waals surface area contributed by atoms with E-state index in [1.54, 1.807) is 14.2 Å². The molecule has 2 aromatic rings. The Morgan fingerprint density at radius 1 is 1.22 bits per heavy atom. The van der Waals surface area contributed by atoms with Crippen molar-refractivity contribution in [2.45, 2.75) is 18.8 Å². The van der Waals surface area contributed by atoms with Gasteiger partial charge < -0.3 is 20.1 Å². The van der Waals surface area contributed by atoms with Crippen molar-refractivity contribution < 1.29 is 14.3 Å². The number of halogens is 1. The first-order valence-corrected chi connectivity index (χ1v) is 10.2. The second-order valence-corrected chi connectivity index (χ2v) is 7.91. The average Bonchev–Trinajstić information content (AvgIpc) is 3.00. The lowest BCUT2D eigenvalue weighted by Gasteiger charge is -2.13. The van der Waals surface area contributed by atoms with E-state index in [4.69, 9.17) is 9.47 Å². The van der Waals surface area contributed by atoms with Gasteiger partial charge in [0, 0.05) is 5.69 Å². The average molecular weight is 449 g/mol. The number of methoxy groups -OCH3 is 2. The maximum Gasteiger partial charge on any atom is 0.260 e. The zero-order valence-corrected chi connectivity index (χ0v) is 17.7. The summed E-state index contributed by atoms with van der Waals surface area (Å²) in [6.07, 6.45) is 2.84. The summed E-state index contributed by atoms with van der Waals surface area (Å²) in [5.74, 6) is 1.12. The molecule has 1 atom stereocenters. The van der Waals surface area contributed by atoms with Crippen LogP contribution < -0.4 is 20.1 Å². The van der Waals surface area contributed by atoms with Gasteiger partial charge in [0.15, 0.2) is 17.0 Å². The molecule has 27 heavy (non-hydrogen) atoms. The van der Waals surface area contributed by atoms with Crippen LogP contribution in [0.1, 0.15) is 18.1 Å². The molecule has 0 aromatic heterocycles. The summed E-state index contributed by atoms with van der Waals surface area (Å²) in [4.78, 5) is 13.0. The smallest absolute Gasteiger partial charge is 0.260 e. The number of thioether (sulfide) groups is 1. The van der Waals surface area contributed by atoms with Crippen LogP contribution in [-0.4, -0.2) is 25.6 Å². The first-order chi connectivity index (χ1) is 13.0. The Morgan fingerprint density at radius 2 is 1.96 bits per heavy atom. The van der Waals surface area contributed by atoms with E-state index in [9.17, 15) is 4.79 Å². The predicted molar refractivity (Wildman–Crippen MR) is 114 cm³/mol. The standard InChI is InChI=1S/C20H21BrN2O3S/c1-4-12-5-7-14(8-6-12)22-20-23-19(24)17(27-20)11-13-9-15(21)18(26-3)16(10-13)25-2/h5-11,20,22H,4H2,1-3H3,(H,23,24). The molecule has 0 saturated carbocycles. The molecule has 3 rings (SSSR count). The van der Waals surface area contributed by atoms with E-state index in [2.05, 4.69) is 45.6 Å². The molecule has 1 saturated heterocycles. The summed E-state index contributed by atoms with van der Waals surface area (Å²) >= 11 is 4.93. The zero-order chi connectivity index (χ0) is 19.4. The zero-order valence-electron chi connectivity index (χ0n) is 15.3. The molecule has 1 fully saturated rings. The van der Waals surface area contributed by atoms with Crippen molar-refractivity contribution >= 4 is 45.4 Å². The Balaban J connectivity index is 1.76. The molecule has 0 bridgehead atoms. The number of hydrogen-bond donors (Lipinski definition) is 2. The van der Waals surface area contributed by atoms with E-state index in [0.29, 0.717) is 16.4 Å². The summed E-state index contributed by atoms with van der Waals surface area (Å²) in [6, 6.07) is 12.0. The molecule has 0 radical (unpaired) electrons. The minimum atomic E-state index is -0.209. The third-order valence-electron chi connectivity index (χ3n) is 4.14. The van der Waals surface area contributed by atoms with Gasteiger partial charge in [-0.1, -0.05) is 30.8 Å². The van der Waals surface area contributed by atoms with Gasteiger partial charge in [-0.15, -0.1) is 0 Å². The maximum absolute atomic E-state index is 12.3. The van der Waals surface area contributed by atoms with Crippen LogP contribution in [0, 0.1) is 0 Å². The van der Waals surface area contributed by atoms with Gasteiger partial charge in [-0.05, 0) is 63.8 Å². The van der Waals surface area contributed by atoms with E-state index >= 15 is 0 Å². The monoisotopic (exact) mass is 448 g/mol. The van der Waals surface area contributed by atoms with Gasteiger partial charge in [-0.25, -0.2) is 0 Å². The van der Waals surface area contributed by atoms with E-state index in [0.717, 1.165) is 22.1 Å². The summed E-state index contributed by atoms with van der Waals surface area (Å²) in [5, 5.41) is 6.27. The molecule has 1 heterocycles. The minimum absolute atomic E-state index is 0.103. The van der Waals surface area contributed by atoms with Crippen LogP contribution in [0.5, 0.6) is 11.5 Å². The molecule has 142 valence electrons. The number of rotatable bonds is 6. The number of ether oxygens (including phenoxy) is 2. The summed E-state index contributed by atoms with van der Waals surface area (Å²) < 4.78 is 11.5. The third-order valence-corrected chi connectivity index (χ3v) is 5.76. The summed E-state index contributed by atoms with van der Waals surface area (Å²) in [7, 11) is 3.17. The molecule has 1 unspecified atom stereocenters. The van der Waals surface area contributed by atoms with Gasteiger partial charge in [0.05, 0.1) is 23.6 Å². The van der Waals surface area contributed by atoms with Crippen molar-refractivity contribution in [2.24, 2.45) is 0 Å². The second kappa shape index (κ2) is 8.71. The van der Waals surface area contributed by atoms with E-state index in [-0.39, 0.29) is 11.4 Å².